The van der Waals surface area contributed by atoms with Crippen molar-refractivity contribution in [3.8, 4) is 0 Å². The van der Waals surface area contributed by atoms with Gasteiger partial charge in [-0.25, -0.2) is 4.98 Å². The number of ether oxygens (including phenoxy) is 2. The van der Waals surface area contributed by atoms with Crippen LogP contribution in [0.4, 0.5) is 0 Å². The van der Waals surface area contributed by atoms with E-state index in [0.717, 1.165) is 28.1 Å². The fourth-order valence-corrected chi connectivity index (χ4v) is 4.78. The number of aromatic nitrogens is 2. The van der Waals surface area contributed by atoms with Crippen LogP contribution in [0.3, 0.4) is 0 Å². The van der Waals surface area contributed by atoms with E-state index < -0.39 is 0 Å². The third-order valence-corrected chi connectivity index (χ3v) is 6.65. The number of carbonyl (C=O) groups is 1. The topological polar surface area (TPSA) is 70.4 Å². The van der Waals surface area contributed by atoms with Crippen molar-refractivity contribution in [1.29, 1.82) is 0 Å². The Kier molecular flexibility index (Phi) is 5.22. The Morgan fingerprint density at radius 3 is 2.92 bits per heavy atom. The molecule has 0 bridgehead atoms. The number of rotatable bonds is 5. The number of nitrogens with zero attached hydrogens (tertiary/aromatic N) is 2. The van der Waals surface area contributed by atoms with Crippen LogP contribution in [0.5, 0.6) is 0 Å². The number of hydrogen-bond donors (Lipinski definition) is 0. The second-order valence-corrected chi connectivity index (χ2v) is 8.33. The number of hydrogen-bond acceptors (Lipinski definition) is 7. The zero-order valence-corrected chi connectivity index (χ0v) is 16.5. The van der Waals surface area contributed by atoms with Crippen LogP contribution in [0.25, 0.3) is 10.2 Å². The molecule has 136 valence electrons. The van der Waals surface area contributed by atoms with Gasteiger partial charge in [-0.2, -0.15) is 0 Å². The summed E-state index contributed by atoms with van der Waals surface area (Å²) < 4.78 is 12.4. The Balaban J connectivity index is 1.99. The van der Waals surface area contributed by atoms with Gasteiger partial charge in [0.25, 0.3) is 5.56 Å². The van der Waals surface area contributed by atoms with Gasteiger partial charge in [0.05, 0.1) is 30.0 Å². The number of carbonyl (C=O) groups excluding carboxylic acids is 1. The van der Waals surface area contributed by atoms with Crippen molar-refractivity contribution in [2.45, 2.75) is 51.0 Å². The quantitative estimate of drug-likeness (QED) is 0.450. The Morgan fingerprint density at radius 1 is 1.48 bits per heavy atom. The number of thiophene rings is 1. The van der Waals surface area contributed by atoms with Gasteiger partial charge >= 0.3 is 5.97 Å². The van der Waals surface area contributed by atoms with E-state index in [0.29, 0.717) is 23.8 Å². The first-order valence-electron chi connectivity index (χ1n) is 8.32. The summed E-state index contributed by atoms with van der Waals surface area (Å²) in [5, 5.41) is 1.23. The fraction of sp³-hybridized carbons (Fsp3) is 0.588. The third-order valence-electron chi connectivity index (χ3n) is 4.55. The van der Waals surface area contributed by atoms with Gasteiger partial charge in [0.2, 0.25) is 0 Å². The highest BCUT2D eigenvalue weighted by Gasteiger charge is 2.33. The average Bonchev–Trinajstić information content (AvgIpc) is 2.94. The summed E-state index contributed by atoms with van der Waals surface area (Å²) in [7, 11) is 1.70. The summed E-state index contributed by atoms with van der Waals surface area (Å²) in [5.41, 5.74) is 0.781. The molecule has 8 heteroatoms. The van der Waals surface area contributed by atoms with Crippen LogP contribution >= 0.6 is 23.1 Å². The molecule has 3 heterocycles. The molecular formula is C17H22N2O4S2. The van der Waals surface area contributed by atoms with Gasteiger partial charge in [0.15, 0.2) is 5.16 Å². The first-order chi connectivity index (χ1) is 11.9. The summed E-state index contributed by atoms with van der Waals surface area (Å²) in [6.45, 7) is 6.82. The van der Waals surface area contributed by atoms with Crippen LogP contribution in [0.15, 0.2) is 9.95 Å². The molecule has 25 heavy (non-hydrogen) atoms. The molecule has 0 saturated heterocycles. The van der Waals surface area contributed by atoms with Gasteiger partial charge in [-0.15, -0.1) is 11.3 Å². The second-order valence-electron chi connectivity index (χ2n) is 6.31. The van der Waals surface area contributed by atoms with Gasteiger partial charge in [-0.1, -0.05) is 18.7 Å². The normalized spacial score (nSPS) is 19.8. The van der Waals surface area contributed by atoms with Crippen molar-refractivity contribution >= 4 is 39.3 Å². The SMILES string of the molecule is CCOC(=O)CSc1nc2sc3c(c2c(=O)n1C)C[C@](C)(CC)OC3. The van der Waals surface area contributed by atoms with Crippen molar-refractivity contribution < 1.29 is 14.3 Å². The highest BCUT2D eigenvalue weighted by atomic mass is 32.2. The van der Waals surface area contributed by atoms with Gasteiger partial charge in [0, 0.05) is 18.3 Å². The zero-order chi connectivity index (χ0) is 18.2. The van der Waals surface area contributed by atoms with Crippen LogP contribution in [0, 0.1) is 0 Å². The van der Waals surface area contributed by atoms with Crippen molar-refractivity contribution in [2.75, 3.05) is 12.4 Å². The van der Waals surface area contributed by atoms with Crippen molar-refractivity contribution in [3.63, 3.8) is 0 Å². The lowest BCUT2D eigenvalue weighted by atomic mass is 9.90. The zero-order valence-electron chi connectivity index (χ0n) is 14.9. The van der Waals surface area contributed by atoms with Gasteiger partial charge in [-0.05, 0) is 25.8 Å². The van der Waals surface area contributed by atoms with E-state index >= 15 is 0 Å². The molecule has 0 aliphatic carbocycles. The highest BCUT2D eigenvalue weighted by molar-refractivity contribution is 7.99. The lowest BCUT2D eigenvalue weighted by molar-refractivity contribution is -0.139. The largest absolute Gasteiger partial charge is 0.465 e. The molecule has 3 rings (SSSR count). The summed E-state index contributed by atoms with van der Waals surface area (Å²) in [6.07, 6.45) is 1.62. The molecule has 0 radical (unpaired) electrons. The molecule has 2 aromatic heterocycles. The molecule has 1 aliphatic heterocycles. The van der Waals surface area contributed by atoms with Gasteiger partial charge in [-0.3, -0.25) is 14.2 Å². The molecule has 1 atom stereocenters. The van der Waals surface area contributed by atoms with Crippen molar-refractivity contribution in [3.05, 3.63) is 20.8 Å². The molecule has 0 N–H and O–H groups in total. The highest BCUT2D eigenvalue weighted by Crippen LogP contribution is 2.38. The van der Waals surface area contributed by atoms with Crippen LogP contribution in [0.2, 0.25) is 0 Å². The Hall–Kier alpha value is -1.38. The van der Waals surface area contributed by atoms with E-state index in [2.05, 4.69) is 18.8 Å². The lowest BCUT2D eigenvalue weighted by Gasteiger charge is -2.32. The number of esters is 1. The minimum Gasteiger partial charge on any atom is -0.465 e. The predicted octanol–water partition coefficient (Wildman–Crippen LogP) is 2.89. The molecule has 0 fully saturated rings. The maximum Gasteiger partial charge on any atom is 0.316 e. The van der Waals surface area contributed by atoms with E-state index in [1.54, 1.807) is 14.0 Å². The minimum absolute atomic E-state index is 0.0609. The van der Waals surface area contributed by atoms with Crippen LogP contribution in [-0.4, -0.2) is 33.5 Å². The minimum atomic E-state index is -0.306. The van der Waals surface area contributed by atoms with Crippen molar-refractivity contribution in [2.24, 2.45) is 7.05 Å². The van der Waals surface area contributed by atoms with Gasteiger partial charge in [0.1, 0.15) is 4.83 Å². The maximum absolute atomic E-state index is 12.9. The smallest absolute Gasteiger partial charge is 0.316 e. The summed E-state index contributed by atoms with van der Waals surface area (Å²) in [5.74, 6) is -0.165. The molecule has 0 saturated carbocycles. The molecule has 2 aromatic rings. The van der Waals surface area contributed by atoms with Crippen LogP contribution in [0.1, 0.15) is 37.6 Å². The molecule has 1 aliphatic rings. The van der Waals surface area contributed by atoms with Crippen LogP contribution < -0.4 is 5.56 Å². The molecule has 6 nitrogen and oxygen atoms in total. The van der Waals surface area contributed by atoms with Gasteiger partial charge < -0.3 is 9.47 Å². The molecule has 0 spiro atoms. The number of thioether (sulfide) groups is 1. The van der Waals surface area contributed by atoms with E-state index in [4.69, 9.17) is 9.47 Å². The fourth-order valence-electron chi connectivity index (χ4n) is 2.86. The standard InChI is InChI=1S/C17H22N2O4S2/c1-5-17(3)7-10-11(8-23-17)25-14-13(10)15(21)19(4)16(18-14)24-9-12(20)22-6-2/h5-9H2,1-4H3/t17-/m0/s1. The lowest BCUT2D eigenvalue weighted by Crippen LogP contribution is -2.34. The van der Waals surface area contributed by atoms with E-state index in [-0.39, 0.29) is 22.9 Å². The van der Waals surface area contributed by atoms with Crippen LogP contribution in [-0.2, 0) is 34.3 Å². The summed E-state index contributed by atoms with van der Waals surface area (Å²) in [6, 6.07) is 0. The average molecular weight is 383 g/mol. The first kappa shape index (κ1) is 18.4. The Morgan fingerprint density at radius 2 is 2.24 bits per heavy atom. The monoisotopic (exact) mass is 382 g/mol. The van der Waals surface area contributed by atoms with Crippen molar-refractivity contribution in [1.82, 2.24) is 9.55 Å². The molecular weight excluding hydrogens is 360 g/mol. The van der Waals surface area contributed by atoms with E-state index in [9.17, 15) is 9.59 Å². The summed E-state index contributed by atoms with van der Waals surface area (Å²) in [4.78, 5) is 30.9. The first-order valence-corrected chi connectivity index (χ1v) is 10.1. The predicted molar refractivity (Wildman–Crippen MR) is 99.4 cm³/mol. The maximum atomic E-state index is 12.9. The Bertz CT molecular complexity index is 874. The van der Waals surface area contributed by atoms with E-state index in [1.807, 2.05) is 0 Å². The summed E-state index contributed by atoms with van der Waals surface area (Å²) >= 11 is 2.74. The molecule has 0 unspecified atom stereocenters. The second kappa shape index (κ2) is 7.09. The number of fused-ring (bicyclic) bond motifs is 3. The molecule has 0 aromatic carbocycles. The van der Waals surface area contributed by atoms with E-state index in [1.165, 1.54) is 27.7 Å². The third kappa shape index (κ3) is 3.47. The Labute approximate surface area is 154 Å². The molecule has 0 amide bonds.